The van der Waals surface area contributed by atoms with Crippen LogP contribution >= 0.6 is 0 Å². The van der Waals surface area contributed by atoms with Crippen molar-refractivity contribution in [2.75, 3.05) is 14.2 Å². The molecule has 0 aliphatic rings. The summed E-state index contributed by atoms with van der Waals surface area (Å²) in [6.45, 7) is 2.78. The lowest BCUT2D eigenvalue weighted by Gasteiger charge is -2.17. The number of ether oxygens (including phenoxy) is 2. The zero-order valence-electron chi connectivity index (χ0n) is 16.3. The molecule has 0 aliphatic heterocycles. The number of hydrogen-bond acceptors (Lipinski definition) is 5. The van der Waals surface area contributed by atoms with Crippen molar-refractivity contribution in [2.45, 2.75) is 25.9 Å². The third-order valence-corrected chi connectivity index (χ3v) is 4.73. The minimum Gasteiger partial charge on any atom is -0.493 e. The SMILES string of the molecule is COc1ccc(CCn2c(C)ccc2C(N=C=O)c2ccccn2)cc1OC. The molecule has 0 fully saturated rings. The van der Waals surface area contributed by atoms with Gasteiger partial charge in [-0.15, -0.1) is 0 Å². The van der Waals surface area contributed by atoms with Gasteiger partial charge in [0.2, 0.25) is 6.08 Å². The lowest BCUT2D eigenvalue weighted by atomic mass is 10.1. The molecule has 3 rings (SSSR count). The third kappa shape index (κ3) is 4.13. The van der Waals surface area contributed by atoms with Gasteiger partial charge in [-0.2, -0.15) is 4.99 Å². The van der Waals surface area contributed by atoms with Crippen LogP contribution < -0.4 is 9.47 Å². The first-order chi connectivity index (χ1) is 13.7. The van der Waals surface area contributed by atoms with Gasteiger partial charge in [-0.05, 0) is 55.3 Å². The van der Waals surface area contributed by atoms with Crippen LogP contribution in [0.15, 0.2) is 59.7 Å². The second-order valence-corrected chi connectivity index (χ2v) is 6.37. The molecule has 6 heteroatoms. The van der Waals surface area contributed by atoms with Crippen LogP contribution in [-0.2, 0) is 17.8 Å². The summed E-state index contributed by atoms with van der Waals surface area (Å²) in [5, 5.41) is 0. The lowest BCUT2D eigenvalue weighted by molar-refractivity contribution is 0.354. The summed E-state index contributed by atoms with van der Waals surface area (Å²) >= 11 is 0. The van der Waals surface area contributed by atoms with Gasteiger partial charge < -0.3 is 14.0 Å². The van der Waals surface area contributed by atoms with E-state index >= 15 is 0 Å². The molecule has 6 nitrogen and oxygen atoms in total. The fourth-order valence-electron chi connectivity index (χ4n) is 3.29. The van der Waals surface area contributed by atoms with Gasteiger partial charge in [0.1, 0.15) is 6.04 Å². The molecule has 144 valence electrons. The highest BCUT2D eigenvalue weighted by Gasteiger charge is 2.19. The molecule has 3 aromatic rings. The number of pyridine rings is 1. The summed E-state index contributed by atoms with van der Waals surface area (Å²) < 4.78 is 12.9. The molecule has 0 radical (unpaired) electrons. The lowest BCUT2D eigenvalue weighted by Crippen LogP contribution is -2.12. The second-order valence-electron chi connectivity index (χ2n) is 6.37. The van der Waals surface area contributed by atoms with Gasteiger partial charge in [0, 0.05) is 24.1 Å². The molecule has 0 aliphatic carbocycles. The maximum absolute atomic E-state index is 11.0. The molecule has 0 bridgehead atoms. The molecule has 0 N–H and O–H groups in total. The Hall–Kier alpha value is -3.37. The molecular weight excluding hydrogens is 354 g/mol. The van der Waals surface area contributed by atoms with Crippen LogP contribution in [0.5, 0.6) is 11.5 Å². The largest absolute Gasteiger partial charge is 0.493 e. The molecule has 1 unspecified atom stereocenters. The fourth-order valence-corrected chi connectivity index (χ4v) is 3.29. The molecule has 1 atom stereocenters. The van der Waals surface area contributed by atoms with E-state index in [0.717, 1.165) is 35.6 Å². The minimum atomic E-state index is -0.474. The molecule has 2 aromatic heterocycles. The number of aromatic nitrogens is 2. The number of isocyanates is 1. The van der Waals surface area contributed by atoms with E-state index in [1.807, 2.05) is 55.5 Å². The first-order valence-corrected chi connectivity index (χ1v) is 9.02. The minimum absolute atomic E-state index is 0.474. The average Bonchev–Trinajstić information content (AvgIpc) is 3.10. The Kier molecular flexibility index (Phi) is 6.25. The summed E-state index contributed by atoms with van der Waals surface area (Å²) in [6.07, 6.45) is 4.19. The zero-order valence-corrected chi connectivity index (χ0v) is 16.3. The van der Waals surface area contributed by atoms with Crippen molar-refractivity contribution in [1.82, 2.24) is 9.55 Å². The first kappa shape index (κ1) is 19.4. The molecule has 1 aromatic carbocycles. The van der Waals surface area contributed by atoms with E-state index in [-0.39, 0.29) is 0 Å². The van der Waals surface area contributed by atoms with Crippen LogP contribution in [0.2, 0.25) is 0 Å². The van der Waals surface area contributed by atoms with Gasteiger partial charge in [0.25, 0.3) is 0 Å². The highest BCUT2D eigenvalue weighted by molar-refractivity contribution is 5.43. The molecule has 28 heavy (non-hydrogen) atoms. The van der Waals surface area contributed by atoms with Gasteiger partial charge >= 0.3 is 0 Å². The summed E-state index contributed by atoms with van der Waals surface area (Å²) in [5.74, 6) is 1.42. The molecule has 0 saturated heterocycles. The van der Waals surface area contributed by atoms with E-state index in [0.29, 0.717) is 11.5 Å². The predicted octanol–water partition coefficient (Wildman–Crippen LogP) is 3.88. The number of carbonyl (C=O) groups excluding carboxylic acids is 1. The predicted molar refractivity (Wildman–Crippen MR) is 107 cm³/mol. The van der Waals surface area contributed by atoms with Crippen LogP contribution in [0.3, 0.4) is 0 Å². The Morgan fingerprint density at radius 1 is 1.11 bits per heavy atom. The molecular formula is C22H23N3O3. The summed E-state index contributed by atoms with van der Waals surface area (Å²) in [6, 6.07) is 15.1. The highest BCUT2D eigenvalue weighted by atomic mass is 16.5. The Bertz CT molecular complexity index is 976. The van der Waals surface area contributed by atoms with Crippen molar-refractivity contribution in [3.05, 3.63) is 77.4 Å². The van der Waals surface area contributed by atoms with E-state index in [1.165, 1.54) is 0 Å². The van der Waals surface area contributed by atoms with E-state index in [2.05, 4.69) is 14.5 Å². The number of methoxy groups -OCH3 is 2. The molecule has 0 amide bonds. The van der Waals surface area contributed by atoms with Crippen molar-refractivity contribution in [2.24, 2.45) is 4.99 Å². The number of rotatable bonds is 8. The Balaban J connectivity index is 1.88. The van der Waals surface area contributed by atoms with Crippen molar-refractivity contribution >= 4 is 6.08 Å². The molecule has 2 heterocycles. The second kappa shape index (κ2) is 9.02. The number of hydrogen-bond donors (Lipinski definition) is 0. The van der Waals surface area contributed by atoms with Crippen molar-refractivity contribution in [1.29, 1.82) is 0 Å². The van der Waals surface area contributed by atoms with Crippen molar-refractivity contribution in [3.8, 4) is 11.5 Å². The van der Waals surface area contributed by atoms with E-state index in [9.17, 15) is 4.79 Å². The van der Waals surface area contributed by atoms with Gasteiger partial charge in [0.05, 0.1) is 19.9 Å². The van der Waals surface area contributed by atoms with E-state index < -0.39 is 6.04 Å². The van der Waals surface area contributed by atoms with Crippen molar-refractivity contribution < 1.29 is 14.3 Å². The Labute approximate surface area is 164 Å². The van der Waals surface area contributed by atoms with Crippen molar-refractivity contribution in [3.63, 3.8) is 0 Å². The van der Waals surface area contributed by atoms with E-state index in [4.69, 9.17) is 9.47 Å². The Morgan fingerprint density at radius 3 is 2.61 bits per heavy atom. The average molecular weight is 377 g/mol. The first-order valence-electron chi connectivity index (χ1n) is 9.02. The topological polar surface area (TPSA) is 65.7 Å². The summed E-state index contributed by atoms with van der Waals surface area (Å²) in [4.78, 5) is 19.4. The summed E-state index contributed by atoms with van der Waals surface area (Å²) in [5.41, 5.74) is 3.86. The van der Waals surface area contributed by atoms with Crippen LogP contribution in [0, 0.1) is 6.92 Å². The third-order valence-electron chi connectivity index (χ3n) is 4.73. The van der Waals surface area contributed by atoms with Crippen LogP contribution in [0.1, 0.15) is 28.7 Å². The standard InChI is InChI=1S/C22H23N3O3/c1-16-7-9-19(22(24-15-26)18-6-4-5-12-23-18)25(16)13-11-17-8-10-20(27-2)21(14-17)28-3/h4-10,12,14,22H,11,13H2,1-3H3. The van der Waals surface area contributed by atoms with Gasteiger partial charge in [-0.1, -0.05) is 12.1 Å². The normalized spacial score (nSPS) is 11.5. The number of aliphatic imine (C=N–C) groups is 1. The molecule has 0 spiro atoms. The number of nitrogens with zero attached hydrogens (tertiary/aromatic N) is 3. The van der Waals surface area contributed by atoms with Crippen LogP contribution in [0.4, 0.5) is 0 Å². The number of benzene rings is 1. The van der Waals surface area contributed by atoms with Gasteiger partial charge in [-0.25, -0.2) is 4.79 Å². The maximum atomic E-state index is 11.0. The quantitative estimate of drug-likeness (QED) is 0.441. The van der Waals surface area contributed by atoms with Gasteiger partial charge in [-0.3, -0.25) is 4.98 Å². The smallest absolute Gasteiger partial charge is 0.236 e. The van der Waals surface area contributed by atoms with Crippen LogP contribution in [0.25, 0.3) is 0 Å². The van der Waals surface area contributed by atoms with Gasteiger partial charge in [0.15, 0.2) is 11.5 Å². The van der Waals surface area contributed by atoms with E-state index in [1.54, 1.807) is 26.5 Å². The fraction of sp³-hybridized carbons (Fsp3) is 0.273. The van der Waals surface area contributed by atoms with Crippen LogP contribution in [-0.4, -0.2) is 29.9 Å². The monoisotopic (exact) mass is 377 g/mol. The summed E-state index contributed by atoms with van der Waals surface area (Å²) in [7, 11) is 3.25. The highest BCUT2D eigenvalue weighted by Crippen LogP contribution is 2.29. The maximum Gasteiger partial charge on any atom is 0.236 e. The zero-order chi connectivity index (χ0) is 19.9. The number of aryl methyl sites for hydroxylation is 2. The Morgan fingerprint density at radius 2 is 1.93 bits per heavy atom. The molecule has 0 saturated carbocycles.